The lowest BCUT2D eigenvalue weighted by Gasteiger charge is -2.31. The third-order valence-electron chi connectivity index (χ3n) is 3.35. The molecule has 0 aliphatic carbocycles. The van der Waals surface area contributed by atoms with Crippen LogP contribution in [-0.2, 0) is 9.53 Å². The summed E-state index contributed by atoms with van der Waals surface area (Å²) in [5.74, 6) is 0.686. The summed E-state index contributed by atoms with van der Waals surface area (Å²) < 4.78 is 5.50. The van der Waals surface area contributed by atoms with Crippen LogP contribution in [0.25, 0.3) is 0 Å². The number of ether oxygens (including phenoxy) is 1. The third kappa shape index (κ3) is 4.81. The molecule has 1 amide bonds. The average molecular weight is 295 g/mol. The minimum atomic E-state index is 0.0624. The monoisotopic (exact) mass is 295 g/mol. The lowest BCUT2D eigenvalue weighted by Crippen LogP contribution is -2.41. The van der Waals surface area contributed by atoms with E-state index >= 15 is 0 Å². The number of piperidine rings is 1. The molecule has 1 aromatic carbocycles. The van der Waals surface area contributed by atoms with Crippen LogP contribution >= 0.6 is 11.8 Å². The second-order valence-corrected chi connectivity index (χ2v) is 5.83. The van der Waals surface area contributed by atoms with E-state index in [4.69, 9.17) is 9.84 Å². The Bertz CT molecular complexity index is 405. The molecule has 4 nitrogen and oxygen atoms in total. The van der Waals surface area contributed by atoms with Crippen molar-refractivity contribution in [3.63, 3.8) is 0 Å². The van der Waals surface area contributed by atoms with E-state index < -0.39 is 0 Å². The van der Waals surface area contributed by atoms with Crippen molar-refractivity contribution in [2.24, 2.45) is 0 Å². The van der Waals surface area contributed by atoms with Crippen molar-refractivity contribution in [2.45, 2.75) is 23.8 Å². The standard InChI is InChI=1S/C15H21NO3S/c17-10-11-19-13-6-8-16(9-7-13)15(18)12-20-14-4-2-1-3-5-14/h1-5,13,17H,6-12H2. The number of carbonyl (C=O) groups excluding carboxylic acids is 1. The highest BCUT2D eigenvalue weighted by atomic mass is 32.2. The number of aliphatic hydroxyl groups is 1. The van der Waals surface area contributed by atoms with E-state index in [1.165, 1.54) is 0 Å². The first-order valence-electron chi connectivity index (χ1n) is 6.97. The number of thioether (sulfide) groups is 1. The summed E-state index contributed by atoms with van der Waals surface area (Å²) in [7, 11) is 0. The fourth-order valence-electron chi connectivity index (χ4n) is 2.24. The summed E-state index contributed by atoms with van der Waals surface area (Å²) in [6.45, 7) is 1.96. The van der Waals surface area contributed by atoms with E-state index in [1.54, 1.807) is 11.8 Å². The third-order valence-corrected chi connectivity index (χ3v) is 4.34. The molecule has 1 fully saturated rings. The largest absolute Gasteiger partial charge is 0.394 e. The van der Waals surface area contributed by atoms with Gasteiger partial charge in [0.25, 0.3) is 0 Å². The van der Waals surface area contributed by atoms with E-state index in [1.807, 2.05) is 35.2 Å². The summed E-state index contributed by atoms with van der Waals surface area (Å²) >= 11 is 1.58. The molecule has 1 N–H and O–H groups in total. The number of rotatable bonds is 6. The van der Waals surface area contributed by atoms with Crippen LogP contribution in [0.5, 0.6) is 0 Å². The Morgan fingerprint density at radius 1 is 1.30 bits per heavy atom. The molecule has 1 aliphatic heterocycles. The molecular weight excluding hydrogens is 274 g/mol. The lowest BCUT2D eigenvalue weighted by molar-refractivity contribution is -0.131. The Hall–Kier alpha value is -1.04. The number of hydrogen-bond acceptors (Lipinski definition) is 4. The SMILES string of the molecule is O=C(CSc1ccccc1)N1CCC(OCCO)CC1. The Balaban J connectivity index is 1.69. The summed E-state index contributed by atoms with van der Waals surface area (Å²) in [6, 6.07) is 9.98. The van der Waals surface area contributed by atoms with Gasteiger partial charge >= 0.3 is 0 Å². The quantitative estimate of drug-likeness (QED) is 0.813. The average Bonchev–Trinajstić information content (AvgIpc) is 2.52. The van der Waals surface area contributed by atoms with Gasteiger partial charge in [-0.2, -0.15) is 0 Å². The summed E-state index contributed by atoms with van der Waals surface area (Å²) in [6.07, 6.45) is 1.91. The first kappa shape index (κ1) is 15.4. The fraction of sp³-hybridized carbons (Fsp3) is 0.533. The van der Waals surface area contributed by atoms with Crippen molar-refractivity contribution >= 4 is 17.7 Å². The molecule has 20 heavy (non-hydrogen) atoms. The molecule has 5 heteroatoms. The predicted octanol–water partition coefficient (Wildman–Crippen LogP) is 1.78. The van der Waals surface area contributed by atoms with Crippen LogP contribution in [-0.4, -0.2) is 54.1 Å². The van der Waals surface area contributed by atoms with Crippen LogP contribution in [0.4, 0.5) is 0 Å². The summed E-state index contributed by atoms with van der Waals surface area (Å²) in [4.78, 5) is 15.2. The van der Waals surface area contributed by atoms with Crippen LogP contribution in [0.1, 0.15) is 12.8 Å². The highest BCUT2D eigenvalue weighted by molar-refractivity contribution is 8.00. The minimum absolute atomic E-state index is 0.0624. The predicted molar refractivity (Wildman–Crippen MR) is 79.8 cm³/mol. The highest BCUT2D eigenvalue weighted by Crippen LogP contribution is 2.19. The first-order chi connectivity index (χ1) is 9.79. The van der Waals surface area contributed by atoms with Crippen molar-refractivity contribution < 1.29 is 14.6 Å². The molecule has 0 spiro atoms. The number of likely N-dealkylation sites (tertiary alicyclic amines) is 1. The molecule has 2 rings (SSSR count). The van der Waals surface area contributed by atoms with Gasteiger partial charge in [0, 0.05) is 18.0 Å². The Morgan fingerprint density at radius 3 is 2.65 bits per heavy atom. The summed E-state index contributed by atoms with van der Waals surface area (Å²) in [5.41, 5.74) is 0. The zero-order chi connectivity index (χ0) is 14.2. The molecule has 0 unspecified atom stereocenters. The summed E-state index contributed by atoms with van der Waals surface area (Å²) in [5, 5.41) is 8.72. The molecule has 1 saturated heterocycles. The number of benzene rings is 1. The maximum atomic E-state index is 12.1. The van der Waals surface area contributed by atoms with E-state index in [0.717, 1.165) is 30.8 Å². The number of aliphatic hydroxyl groups excluding tert-OH is 1. The zero-order valence-corrected chi connectivity index (χ0v) is 12.3. The van der Waals surface area contributed by atoms with Crippen LogP contribution < -0.4 is 0 Å². The molecule has 1 heterocycles. The van der Waals surface area contributed by atoms with Gasteiger partial charge in [-0.15, -0.1) is 11.8 Å². The van der Waals surface area contributed by atoms with Gasteiger partial charge in [-0.25, -0.2) is 0 Å². The van der Waals surface area contributed by atoms with Crippen molar-refractivity contribution in [3.8, 4) is 0 Å². The van der Waals surface area contributed by atoms with E-state index in [2.05, 4.69) is 0 Å². The van der Waals surface area contributed by atoms with Gasteiger partial charge in [-0.3, -0.25) is 4.79 Å². The van der Waals surface area contributed by atoms with Crippen LogP contribution in [0.3, 0.4) is 0 Å². The van der Waals surface area contributed by atoms with Crippen molar-refractivity contribution in [2.75, 3.05) is 32.1 Å². The number of carbonyl (C=O) groups is 1. The van der Waals surface area contributed by atoms with Gasteiger partial charge in [-0.1, -0.05) is 18.2 Å². The molecule has 110 valence electrons. The molecule has 0 atom stereocenters. The highest BCUT2D eigenvalue weighted by Gasteiger charge is 2.22. The normalized spacial score (nSPS) is 16.4. The molecule has 1 aliphatic rings. The van der Waals surface area contributed by atoms with Gasteiger partial charge in [0.05, 0.1) is 25.1 Å². The van der Waals surface area contributed by atoms with Crippen LogP contribution in [0.15, 0.2) is 35.2 Å². The Morgan fingerprint density at radius 2 is 2.00 bits per heavy atom. The topological polar surface area (TPSA) is 49.8 Å². The van der Waals surface area contributed by atoms with Gasteiger partial charge in [0.2, 0.25) is 5.91 Å². The van der Waals surface area contributed by atoms with Gasteiger partial charge in [-0.05, 0) is 25.0 Å². The van der Waals surface area contributed by atoms with Gasteiger partial charge < -0.3 is 14.7 Å². The molecular formula is C15H21NO3S. The Labute approximate surface area is 124 Å². The maximum Gasteiger partial charge on any atom is 0.232 e. The maximum absolute atomic E-state index is 12.1. The Kier molecular flexibility index (Phi) is 6.36. The van der Waals surface area contributed by atoms with Crippen molar-refractivity contribution in [1.82, 2.24) is 4.90 Å². The van der Waals surface area contributed by atoms with Crippen molar-refractivity contribution in [1.29, 1.82) is 0 Å². The number of hydrogen-bond donors (Lipinski definition) is 1. The molecule has 0 saturated carbocycles. The van der Waals surface area contributed by atoms with Gasteiger partial charge in [0.1, 0.15) is 0 Å². The first-order valence-corrected chi connectivity index (χ1v) is 7.96. The number of amides is 1. The van der Waals surface area contributed by atoms with E-state index in [-0.39, 0.29) is 18.6 Å². The van der Waals surface area contributed by atoms with E-state index in [9.17, 15) is 4.79 Å². The second-order valence-electron chi connectivity index (χ2n) is 4.78. The molecule has 0 aromatic heterocycles. The van der Waals surface area contributed by atoms with Crippen molar-refractivity contribution in [3.05, 3.63) is 30.3 Å². The fourth-order valence-corrected chi connectivity index (χ4v) is 3.07. The lowest BCUT2D eigenvalue weighted by atomic mass is 10.1. The van der Waals surface area contributed by atoms with Crippen LogP contribution in [0, 0.1) is 0 Å². The smallest absolute Gasteiger partial charge is 0.232 e. The molecule has 1 aromatic rings. The molecule has 0 radical (unpaired) electrons. The molecule has 0 bridgehead atoms. The number of nitrogens with zero attached hydrogens (tertiary/aromatic N) is 1. The van der Waals surface area contributed by atoms with Crippen LogP contribution in [0.2, 0.25) is 0 Å². The van der Waals surface area contributed by atoms with E-state index in [0.29, 0.717) is 12.4 Å². The zero-order valence-electron chi connectivity index (χ0n) is 11.5. The minimum Gasteiger partial charge on any atom is -0.394 e. The van der Waals surface area contributed by atoms with Gasteiger partial charge in [0.15, 0.2) is 0 Å². The second kappa shape index (κ2) is 8.29.